The number of hydrogen-bond donors (Lipinski definition) is 1. The summed E-state index contributed by atoms with van der Waals surface area (Å²) in [6.07, 6.45) is 7.00. The molecule has 0 saturated heterocycles. The van der Waals surface area contributed by atoms with Gasteiger partial charge >= 0.3 is 0 Å². The summed E-state index contributed by atoms with van der Waals surface area (Å²) in [6.45, 7) is 1.97. The number of aromatic nitrogens is 1. The van der Waals surface area contributed by atoms with Crippen molar-refractivity contribution in [3.05, 3.63) is 40.9 Å². The van der Waals surface area contributed by atoms with Crippen molar-refractivity contribution in [2.75, 3.05) is 5.43 Å². The van der Waals surface area contributed by atoms with E-state index < -0.39 is 0 Å². The minimum Gasteiger partial charge on any atom is -0.490 e. The van der Waals surface area contributed by atoms with E-state index >= 15 is 0 Å². The molecule has 1 fully saturated rings. The van der Waals surface area contributed by atoms with Gasteiger partial charge in [-0.25, -0.2) is 4.98 Å². The second-order valence-corrected chi connectivity index (χ2v) is 6.08. The lowest BCUT2D eigenvalue weighted by molar-refractivity contribution is 0.210. The molecule has 1 N–H and O–H groups in total. The molecule has 1 saturated carbocycles. The largest absolute Gasteiger partial charge is 0.490 e. The van der Waals surface area contributed by atoms with Gasteiger partial charge in [0.25, 0.3) is 0 Å². The van der Waals surface area contributed by atoms with Crippen LogP contribution >= 0.6 is 11.3 Å². The number of hydrogen-bond acceptors (Lipinski definition) is 5. The van der Waals surface area contributed by atoms with Crippen LogP contribution in [0.1, 0.15) is 36.9 Å². The Hall–Kier alpha value is -1.88. The number of aryl methyl sites for hydroxylation is 1. The number of nitrogens with zero attached hydrogens (tertiary/aromatic N) is 2. The van der Waals surface area contributed by atoms with E-state index in [1.807, 2.05) is 36.6 Å². The van der Waals surface area contributed by atoms with Gasteiger partial charge in [0, 0.05) is 10.9 Å². The summed E-state index contributed by atoms with van der Waals surface area (Å²) in [5, 5.41) is 7.05. The molecule has 4 nitrogen and oxygen atoms in total. The van der Waals surface area contributed by atoms with Crippen LogP contribution in [0.4, 0.5) is 5.13 Å². The van der Waals surface area contributed by atoms with Crippen LogP contribution in [-0.4, -0.2) is 17.3 Å². The van der Waals surface area contributed by atoms with E-state index in [1.165, 1.54) is 12.8 Å². The van der Waals surface area contributed by atoms with Crippen LogP contribution in [0.15, 0.2) is 34.7 Å². The number of para-hydroxylation sites is 1. The lowest BCUT2D eigenvalue weighted by Crippen LogP contribution is -2.12. The van der Waals surface area contributed by atoms with E-state index in [1.54, 1.807) is 17.6 Å². The monoisotopic (exact) mass is 301 g/mol. The maximum atomic E-state index is 6.08. The first-order chi connectivity index (χ1) is 10.3. The second-order valence-electron chi connectivity index (χ2n) is 5.23. The lowest BCUT2D eigenvalue weighted by Gasteiger charge is -2.14. The van der Waals surface area contributed by atoms with Crippen LogP contribution in [0.2, 0.25) is 0 Å². The number of thiazole rings is 1. The molecular weight excluding hydrogens is 282 g/mol. The third kappa shape index (κ3) is 3.82. The van der Waals surface area contributed by atoms with Crippen molar-refractivity contribution in [1.29, 1.82) is 0 Å². The highest BCUT2D eigenvalue weighted by molar-refractivity contribution is 7.13. The molecule has 110 valence electrons. The summed E-state index contributed by atoms with van der Waals surface area (Å²) >= 11 is 1.55. The molecule has 0 spiro atoms. The van der Waals surface area contributed by atoms with E-state index in [4.69, 9.17) is 4.74 Å². The standard InChI is InChI=1S/C16H19N3OS/c1-12-11-21-16(18-12)19-17-10-13-6-2-5-9-15(13)20-14-7-3-4-8-14/h2,5-6,9-11,14H,3-4,7-8H2,1H3,(H,18,19). The molecule has 3 rings (SSSR count). The molecular formula is C16H19N3OS. The first-order valence-corrected chi connectivity index (χ1v) is 8.16. The number of nitrogens with one attached hydrogen (secondary N) is 1. The fourth-order valence-corrected chi connectivity index (χ4v) is 3.08. The lowest BCUT2D eigenvalue weighted by atomic mass is 10.2. The molecule has 0 unspecified atom stereocenters. The van der Waals surface area contributed by atoms with Gasteiger partial charge in [0.15, 0.2) is 0 Å². The van der Waals surface area contributed by atoms with Crippen LogP contribution in [0, 0.1) is 6.92 Å². The zero-order valence-corrected chi connectivity index (χ0v) is 12.9. The molecule has 0 aliphatic heterocycles. The van der Waals surface area contributed by atoms with Gasteiger partial charge < -0.3 is 4.74 Å². The van der Waals surface area contributed by atoms with Crippen LogP contribution in [0.3, 0.4) is 0 Å². The highest BCUT2D eigenvalue weighted by atomic mass is 32.1. The summed E-state index contributed by atoms with van der Waals surface area (Å²) in [4.78, 5) is 4.31. The minimum absolute atomic E-state index is 0.356. The first-order valence-electron chi connectivity index (χ1n) is 7.28. The fourth-order valence-electron chi connectivity index (χ4n) is 2.44. The van der Waals surface area contributed by atoms with E-state index in [0.717, 1.165) is 35.0 Å². The first kappa shape index (κ1) is 14.1. The zero-order valence-electron chi connectivity index (χ0n) is 12.1. The van der Waals surface area contributed by atoms with E-state index in [9.17, 15) is 0 Å². The zero-order chi connectivity index (χ0) is 14.5. The molecule has 0 bridgehead atoms. The third-order valence-electron chi connectivity index (χ3n) is 3.50. The molecule has 1 aliphatic carbocycles. The molecule has 1 heterocycles. The average Bonchev–Trinajstić information content (AvgIpc) is 3.13. The Morgan fingerprint density at radius 1 is 1.33 bits per heavy atom. The Bertz CT molecular complexity index is 617. The SMILES string of the molecule is Cc1csc(NN=Cc2ccccc2OC2CCCC2)n1. The maximum absolute atomic E-state index is 6.08. The van der Waals surface area contributed by atoms with Gasteiger partial charge in [0.2, 0.25) is 5.13 Å². The Labute approximate surface area is 128 Å². The van der Waals surface area contributed by atoms with Crippen LogP contribution in [0.25, 0.3) is 0 Å². The Kier molecular flexibility index (Phi) is 4.50. The molecule has 2 aromatic rings. The fraction of sp³-hybridized carbons (Fsp3) is 0.375. The van der Waals surface area contributed by atoms with Crippen molar-refractivity contribution >= 4 is 22.7 Å². The Morgan fingerprint density at radius 3 is 2.90 bits per heavy atom. The number of rotatable bonds is 5. The maximum Gasteiger partial charge on any atom is 0.203 e. The number of anilines is 1. The number of benzene rings is 1. The second kappa shape index (κ2) is 6.72. The van der Waals surface area contributed by atoms with Gasteiger partial charge in [-0.2, -0.15) is 5.10 Å². The number of ether oxygens (including phenoxy) is 1. The van der Waals surface area contributed by atoms with Crippen molar-refractivity contribution in [1.82, 2.24) is 4.98 Å². The van der Waals surface area contributed by atoms with Crippen molar-refractivity contribution in [2.24, 2.45) is 5.10 Å². The van der Waals surface area contributed by atoms with Gasteiger partial charge in [-0.15, -0.1) is 11.3 Å². The van der Waals surface area contributed by atoms with Gasteiger partial charge in [0.1, 0.15) is 5.75 Å². The van der Waals surface area contributed by atoms with Crippen LogP contribution < -0.4 is 10.2 Å². The topological polar surface area (TPSA) is 46.5 Å². The normalized spacial score (nSPS) is 15.7. The third-order valence-corrected chi connectivity index (χ3v) is 4.36. The summed E-state index contributed by atoms with van der Waals surface area (Å²) in [6, 6.07) is 8.02. The molecule has 5 heteroatoms. The van der Waals surface area contributed by atoms with Crippen molar-refractivity contribution in [2.45, 2.75) is 38.7 Å². The molecule has 0 amide bonds. The molecule has 0 radical (unpaired) electrons. The van der Waals surface area contributed by atoms with E-state index in [2.05, 4.69) is 15.5 Å². The molecule has 1 aromatic heterocycles. The van der Waals surface area contributed by atoms with Crippen molar-refractivity contribution < 1.29 is 4.74 Å². The van der Waals surface area contributed by atoms with Crippen LogP contribution in [-0.2, 0) is 0 Å². The molecule has 21 heavy (non-hydrogen) atoms. The van der Waals surface area contributed by atoms with Gasteiger partial charge in [-0.3, -0.25) is 5.43 Å². The van der Waals surface area contributed by atoms with Gasteiger partial charge in [-0.05, 0) is 44.7 Å². The van der Waals surface area contributed by atoms with Gasteiger partial charge in [0.05, 0.1) is 18.0 Å². The number of hydrazone groups is 1. The summed E-state index contributed by atoms with van der Waals surface area (Å²) < 4.78 is 6.08. The Morgan fingerprint density at radius 2 is 2.14 bits per heavy atom. The Balaban J connectivity index is 1.66. The van der Waals surface area contributed by atoms with Crippen LogP contribution in [0.5, 0.6) is 5.75 Å². The molecule has 1 aromatic carbocycles. The van der Waals surface area contributed by atoms with Gasteiger partial charge in [-0.1, -0.05) is 12.1 Å². The smallest absolute Gasteiger partial charge is 0.203 e. The molecule has 1 aliphatic rings. The highest BCUT2D eigenvalue weighted by Crippen LogP contribution is 2.26. The predicted molar refractivity (Wildman–Crippen MR) is 87.4 cm³/mol. The summed E-state index contributed by atoms with van der Waals surface area (Å²) in [7, 11) is 0. The summed E-state index contributed by atoms with van der Waals surface area (Å²) in [5.74, 6) is 0.908. The van der Waals surface area contributed by atoms with Crippen molar-refractivity contribution in [3.63, 3.8) is 0 Å². The molecule has 0 atom stereocenters. The van der Waals surface area contributed by atoms with Crippen molar-refractivity contribution in [3.8, 4) is 5.75 Å². The quantitative estimate of drug-likeness (QED) is 0.664. The van der Waals surface area contributed by atoms with E-state index in [-0.39, 0.29) is 0 Å². The predicted octanol–water partition coefficient (Wildman–Crippen LogP) is 4.22. The average molecular weight is 301 g/mol. The minimum atomic E-state index is 0.356. The van der Waals surface area contributed by atoms with E-state index in [0.29, 0.717) is 6.10 Å². The summed E-state index contributed by atoms with van der Waals surface area (Å²) in [5.41, 5.74) is 4.95. The highest BCUT2D eigenvalue weighted by Gasteiger charge is 2.17.